The zero-order chi connectivity index (χ0) is 17.0. The molecule has 0 fully saturated rings. The summed E-state index contributed by atoms with van der Waals surface area (Å²) < 4.78 is 9.34. The number of aromatic nitrogens is 1. The van der Waals surface area contributed by atoms with Gasteiger partial charge >= 0.3 is 17.8 Å². The van der Waals surface area contributed by atoms with Gasteiger partial charge in [-0.25, -0.2) is 4.79 Å². The number of methoxy groups -OCH3 is 1. The molecule has 9 heteroatoms. The SMILES string of the molecule is COC(=O)c1ccc(Cl)c(NC(=O)C(=O)Nc2cc(C)on2)c1. The number of hydrogen-bond donors (Lipinski definition) is 2. The maximum absolute atomic E-state index is 11.9. The predicted octanol–water partition coefficient (Wildman–Crippen LogP) is 2.00. The van der Waals surface area contributed by atoms with E-state index in [-0.39, 0.29) is 22.1 Å². The normalized spacial score (nSPS) is 10.0. The van der Waals surface area contributed by atoms with Crippen molar-refractivity contribution in [2.24, 2.45) is 0 Å². The van der Waals surface area contributed by atoms with Crippen LogP contribution in [0.3, 0.4) is 0 Å². The van der Waals surface area contributed by atoms with E-state index in [1.54, 1.807) is 6.92 Å². The number of hydrogen-bond acceptors (Lipinski definition) is 6. The van der Waals surface area contributed by atoms with Gasteiger partial charge in [0.15, 0.2) is 5.82 Å². The first-order chi connectivity index (χ1) is 10.9. The van der Waals surface area contributed by atoms with Crippen LogP contribution in [0.25, 0.3) is 0 Å². The van der Waals surface area contributed by atoms with Crippen molar-refractivity contribution in [3.05, 3.63) is 40.6 Å². The molecule has 8 nitrogen and oxygen atoms in total. The molecule has 0 radical (unpaired) electrons. The monoisotopic (exact) mass is 337 g/mol. The topological polar surface area (TPSA) is 111 Å². The van der Waals surface area contributed by atoms with Crippen LogP contribution in [-0.2, 0) is 14.3 Å². The Hall–Kier alpha value is -2.87. The third kappa shape index (κ3) is 4.07. The number of ether oxygens (including phenoxy) is 1. The van der Waals surface area contributed by atoms with Crippen LogP contribution in [0.1, 0.15) is 16.1 Å². The van der Waals surface area contributed by atoms with E-state index in [4.69, 9.17) is 16.1 Å². The number of amides is 2. The molecule has 0 aliphatic carbocycles. The lowest BCUT2D eigenvalue weighted by molar-refractivity contribution is -0.133. The first kappa shape index (κ1) is 16.5. The molecule has 23 heavy (non-hydrogen) atoms. The third-order valence-corrected chi connectivity index (χ3v) is 3.04. The zero-order valence-electron chi connectivity index (χ0n) is 12.2. The average Bonchev–Trinajstić information content (AvgIpc) is 2.93. The number of nitrogens with zero attached hydrogens (tertiary/aromatic N) is 1. The summed E-state index contributed by atoms with van der Waals surface area (Å²) in [5, 5.41) is 8.27. The quantitative estimate of drug-likeness (QED) is 0.654. The number of esters is 1. The van der Waals surface area contributed by atoms with E-state index in [2.05, 4.69) is 20.5 Å². The fourth-order valence-corrected chi connectivity index (χ4v) is 1.81. The summed E-state index contributed by atoms with van der Waals surface area (Å²) >= 11 is 5.93. The summed E-state index contributed by atoms with van der Waals surface area (Å²) in [5.41, 5.74) is 0.283. The lowest BCUT2D eigenvalue weighted by Gasteiger charge is -2.08. The highest BCUT2D eigenvalue weighted by molar-refractivity contribution is 6.44. The highest BCUT2D eigenvalue weighted by atomic mass is 35.5. The lowest BCUT2D eigenvalue weighted by atomic mass is 10.2. The largest absolute Gasteiger partial charge is 0.465 e. The number of carbonyl (C=O) groups excluding carboxylic acids is 3. The number of carbonyl (C=O) groups is 3. The van der Waals surface area contributed by atoms with Crippen LogP contribution in [0.2, 0.25) is 5.02 Å². The fraction of sp³-hybridized carbons (Fsp3) is 0.143. The van der Waals surface area contributed by atoms with Crippen LogP contribution in [0.4, 0.5) is 11.5 Å². The van der Waals surface area contributed by atoms with Crippen LogP contribution in [0, 0.1) is 6.92 Å². The first-order valence-corrected chi connectivity index (χ1v) is 6.72. The van der Waals surface area contributed by atoms with Gasteiger partial charge in [0.25, 0.3) is 0 Å². The highest BCUT2D eigenvalue weighted by Crippen LogP contribution is 2.23. The Balaban J connectivity index is 2.10. The molecule has 1 heterocycles. The molecule has 2 N–H and O–H groups in total. The maximum atomic E-state index is 11.9. The minimum atomic E-state index is -0.977. The van der Waals surface area contributed by atoms with Crippen molar-refractivity contribution >= 4 is 40.9 Å². The van der Waals surface area contributed by atoms with Gasteiger partial charge in [-0.2, -0.15) is 0 Å². The lowest BCUT2D eigenvalue weighted by Crippen LogP contribution is -2.29. The summed E-state index contributed by atoms with van der Waals surface area (Å²) in [6.45, 7) is 1.64. The number of aryl methyl sites for hydroxylation is 1. The molecule has 2 amide bonds. The van der Waals surface area contributed by atoms with Crippen molar-refractivity contribution in [1.82, 2.24) is 5.16 Å². The average molecular weight is 338 g/mol. The summed E-state index contributed by atoms with van der Waals surface area (Å²) in [6, 6.07) is 5.60. The Morgan fingerprint density at radius 3 is 2.48 bits per heavy atom. The van der Waals surface area contributed by atoms with Crippen molar-refractivity contribution in [1.29, 1.82) is 0 Å². The number of benzene rings is 1. The minimum absolute atomic E-state index is 0.103. The van der Waals surface area contributed by atoms with E-state index < -0.39 is 17.8 Å². The molecule has 120 valence electrons. The zero-order valence-corrected chi connectivity index (χ0v) is 12.9. The van der Waals surface area contributed by atoms with E-state index >= 15 is 0 Å². The molecule has 0 bridgehead atoms. The predicted molar refractivity (Wildman–Crippen MR) is 81.3 cm³/mol. The van der Waals surface area contributed by atoms with E-state index in [0.29, 0.717) is 5.76 Å². The molecule has 0 aliphatic rings. The number of nitrogens with one attached hydrogen (secondary N) is 2. The van der Waals surface area contributed by atoms with Gasteiger partial charge in [0.2, 0.25) is 0 Å². The van der Waals surface area contributed by atoms with Gasteiger partial charge in [0.05, 0.1) is 23.4 Å². The third-order valence-electron chi connectivity index (χ3n) is 2.71. The van der Waals surface area contributed by atoms with Crippen molar-refractivity contribution in [3.63, 3.8) is 0 Å². The van der Waals surface area contributed by atoms with E-state index in [0.717, 1.165) is 0 Å². The molecular weight excluding hydrogens is 326 g/mol. The summed E-state index contributed by atoms with van der Waals surface area (Å²) in [5.74, 6) is -1.95. The van der Waals surface area contributed by atoms with Gasteiger partial charge in [0.1, 0.15) is 5.76 Å². The summed E-state index contributed by atoms with van der Waals surface area (Å²) in [7, 11) is 1.22. The molecule has 0 unspecified atom stereocenters. The molecule has 0 spiro atoms. The van der Waals surface area contributed by atoms with Crippen LogP contribution in [-0.4, -0.2) is 30.1 Å². The van der Waals surface area contributed by atoms with Crippen molar-refractivity contribution < 1.29 is 23.6 Å². The highest BCUT2D eigenvalue weighted by Gasteiger charge is 2.18. The van der Waals surface area contributed by atoms with Crippen molar-refractivity contribution in [2.75, 3.05) is 17.7 Å². The number of anilines is 2. The van der Waals surface area contributed by atoms with Gasteiger partial charge in [0, 0.05) is 6.07 Å². The molecule has 0 aliphatic heterocycles. The molecule has 1 aromatic carbocycles. The second-order valence-corrected chi connectivity index (χ2v) is 4.82. The molecule has 2 rings (SSSR count). The molecule has 0 saturated carbocycles. The Labute approximate surface area is 135 Å². The number of rotatable bonds is 3. The van der Waals surface area contributed by atoms with Gasteiger partial charge in [-0.1, -0.05) is 16.8 Å². The second-order valence-electron chi connectivity index (χ2n) is 4.42. The van der Waals surface area contributed by atoms with E-state index in [1.165, 1.54) is 31.4 Å². The van der Waals surface area contributed by atoms with Gasteiger partial charge in [-0.3, -0.25) is 14.9 Å². The summed E-state index contributed by atoms with van der Waals surface area (Å²) in [6.07, 6.45) is 0. The fourth-order valence-electron chi connectivity index (χ4n) is 1.64. The Kier molecular flexibility index (Phi) is 4.97. The van der Waals surface area contributed by atoms with E-state index in [9.17, 15) is 14.4 Å². The molecule has 0 saturated heterocycles. The van der Waals surface area contributed by atoms with E-state index in [1.807, 2.05) is 0 Å². The minimum Gasteiger partial charge on any atom is -0.465 e. The molecular formula is C14H12ClN3O5. The van der Waals surface area contributed by atoms with Crippen LogP contribution < -0.4 is 10.6 Å². The standard InChI is InChI=1S/C14H12ClN3O5/c1-7-5-11(18-23-7)17-13(20)12(19)16-10-6-8(14(21)22-2)3-4-9(10)15/h3-6H,1-2H3,(H,16,19)(H,17,18,20). The van der Waals surface area contributed by atoms with Gasteiger partial charge in [-0.15, -0.1) is 0 Å². The maximum Gasteiger partial charge on any atom is 0.337 e. The van der Waals surface area contributed by atoms with Crippen molar-refractivity contribution in [2.45, 2.75) is 6.92 Å². The van der Waals surface area contributed by atoms with Crippen LogP contribution in [0.15, 0.2) is 28.8 Å². The van der Waals surface area contributed by atoms with Crippen LogP contribution in [0.5, 0.6) is 0 Å². The Bertz CT molecular complexity index is 772. The number of halogens is 1. The Morgan fingerprint density at radius 1 is 1.17 bits per heavy atom. The smallest absolute Gasteiger partial charge is 0.337 e. The molecule has 0 atom stereocenters. The Morgan fingerprint density at radius 2 is 1.87 bits per heavy atom. The second kappa shape index (κ2) is 6.93. The van der Waals surface area contributed by atoms with Gasteiger partial charge < -0.3 is 14.6 Å². The first-order valence-electron chi connectivity index (χ1n) is 6.34. The van der Waals surface area contributed by atoms with Crippen molar-refractivity contribution in [3.8, 4) is 0 Å². The molecule has 1 aromatic heterocycles. The van der Waals surface area contributed by atoms with Crippen LogP contribution >= 0.6 is 11.6 Å². The summed E-state index contributed by atoms with van der Waals surface area (Å²) in [4.78, 5) is 35.1. The molecule has 2 aromatic rings. The van der Waals surface area contributed by atoms with Gasteiger partial charge in [-0.05, 0) is 25.1 Å².